The van der Waals surface area contributed by atoms with Crippen LogP contribution in [0.5, 0.6) is 5.75 Å². The van der Waals surface area contributed by atoms with Crippen LogP contribution in [0.25, 0.3) is 0 Å². The number of aromatic nitrogens is 3. The summed E-state index contributed by atoms with van der Waals surface area (Å²) in [4.78, 5) is 35.2. The molecule has 0 unspecified atom stereocenters. The molecule has 2 rings (SSSR count). The maximum absolute atomic E-state index is 11.9. The molecule has 2 aromatic rings. The lowest BCUT2D eigenvalue weighted by atomic mass is 10.3. The number of nitrogens with zero attached hydrogens (tertiary/aromatic N) is 3. The van der Waals surface area contributed by atoms with Gasteiger partial charge in [-0.3, -0.25) is 14.4 Å². The van der Waals surface area contributed by atoms with Crippen molar-refractivity contribution in [2.45, 2.75) is 20.0 Å². The average Bonchev–Trinajstić information content (AvgIpc) is 2.52. The molecule has 0 saturated heterocycles. The molecule has 0 aromatic carbocycles. The minimum absolute atomic E-state index is 0.157. The summed E-state index contributed by atoms with van der Waals surface area (Å²) >= 11 is 0. The van der Waals surface area contributed by atoms with Crippen LogP contribution in [0.3, 0.4) is 0 Å². The van der Waals surface area contributed by atoms with E-state index in [-0.39, 0.29) is 30.1 Å². The number of hydrogen-bond donors (Lipinski definition) is 1. The van der Waals surface area contributed by atoms with E-state index in [0.717, 1.165) is 10.4 Å². The van der Waals surface area contributed by atoms with E-state index in [1.165, 1.54) is 36.1 Å². The van der Waals surface area contributed by atoms with Crippen molar-refractivity contribution >= 4 is 5.91 Å². The van der Waals surface area contributed by atoms with Gasteiger partial charge in [0.25, 0.3) is 11.1 Å². The first-order valence-corrected chi connectivity index (χ1v) is 7.05. The van der Waals surface area contributed by atoms with Gasteiger partial charge in [0.15, 0.2) is 0 Å². The summed E-state index contributed by atoms with van der Waals surface area (Å²) < 4.78 is 7.64. The highest BCUT2D eigenvalue weighted by atomic mass is 16.5. The number of hydrogen-bond acceptors (Lipinski definition) is 5. The van der Waals surface area contributed by atoms with E-state index in [1.54, 1.807) is 13.0 Å². The molecule has 1 N–H and O–H groups in total. The molecule has 0 bridgehead atoms. The fourth-order valence-corrected chi connectivity index (χ4v) is 2.11. The third kappa shape index (κ3) is 4.29. The lowest BCUT2D eigenvalue weighted by molar-refractivity contribution is -0.121. The van der Waals surface area contributed by atoms with Crippen molar-refractivity contribution in [3.05, 3.63) is 56.9 Å². The average molecular weight is 318 g/mol. The van der Waals surface area contributed by atoms with Crippen LogP contribution in [0.15, 0.2) is 40.1 Å². The number of carbonyl (C=O) groups is 1. The van der Waals surface area contributed by atoms with E-state index < -0.39 is 0 Å². The predicted octanol–water partition coefficient (Wildman–Crippen LogP) is -0.462. The standard InChI is InChI=1S/C15H18N4O4/c1-11-8-12(23-2)9-15(22)18(11)7-6-16-13(20)10-19-14(21)4-3-5-17-19/h3-5,8-9H,6-7,10H2,1-2H3,(H,16,20). The lowest BCUT2D eigenvalue weighted by Crippen LogP contribution is -2.36. The molecular formula is C15H18N4O4. The van der Waals surface area contributed by atoms with Crippen molar-refractivity contribution in [2.24, 2.45) is 0 Å². The second kappa shape index (κ2) is 7.39. The molecule has 8 nitrogen and oxygen atoms in total. The van der Waals surface area contributed by atoms with Gasteiger partial charge in [-0.15, -0.1) is 0 Å². The van der Waals surface area contributed by atoms with Gasteiger partial charge >= 0.3 is 0 Å². The van der Waals surface area contributed by atoms with Crippen LogP contribution in [-0.4, -0.2) is 33.9 Å². The van der Waals surface area contributed by atoms with Gasteiger partial charge < -0.3 is 14.6 Å². The molecule has 2 aromatic heterocycles. The van der Waals surface area contributed by atoms with Gasteiger partial charge in [0.2, 0.25) is 5.91 Å². The Bertz CT molecular complexity index is 810. The minimum atomic E-state index is -0.343. The fraction of sp³-hybridized carbons (Fsp3) is 0.333. The third-order valence-electron chi connectivity index (χ3n) is 3.28. The lowest BCUT2D eigenvalue weighted by Gasteiger charge is -2.12. The van der Waals surface area contributed by atoms with Gasteiger partial charge in [0.1, 0.15) is 12.3 Å². The largest absolute Gasteiger partial charge is 0.496 e. The van der Waals surface area contributed by atoms with Crippen LogP contribution in [0.2, 0.25) is 0 Å². The van der Waals surface area contributed by atoms with Crippen LogP contribution in [0.4, 0.5) is 0 Å². The first kappa shape index (κ1) is 16.5. The molecule has 0 fully saturated rings. The van der Waals surface area contributed by atoms with Crippen molar-refractivity contribution in [1.82, 2.24) is 19.7 Å². The Kier molecular flexibility index (Phi) is 5.29. The fourth-order valence-electron chi connectivity index (χ4n) is 2.11. The monoisotopic (exact) mass is 318 g/mol. The van der Waals surface area contributed by atoms with E-state index in [4.69, 9.17) is 4.74 Å². The molecule has 0 radical (unpaired) electrons. The Morgan fingerprint density at radius 1 is 1.30 bits per heavy atom. The third-order valence-corrected chi connectivity index (χ3v) is 3.28. The second-order valence-corrected chi connectivity index (χ2v) is 4.90. The molecule has 0 atom stereocenters. The van der Waals surface area contributed by atoms with E-state index in [0.29, 0.717) is 12.3 Å². The minimum Gasteiger partial charge on any atom is -0.496 e. The topological polar surface area (TPSA) is 95.2 Å². The summed E-state index contributed by atoms with van der Waals surface area (Å²) in [6, 6.07) is 5.98. The number of ether oxygens (including phenoxy) is 1. The SMILES string of the molecule is COc1cc(C)n(CCNC(=O)Cn2ncccc2=O)c(=O)c1. The molecule has 0 aliphatic rings. The first-order chi connectivity index (χ1) is 11.0. The van der Waals surface area contributed by atoms with Gasteiger partial charge in [0, 0.05) is 37.1 Å². The second-order valence-electron chi connectivity index (χ2n) is 4.90. The molecule has 1 amide bonds. The number of carbonyl (C=O) groups excluding carboxylic acids is 1. The zero-order valence-corrected chi connectivity index (χ0v) is 13.0. The predicted molar refractivity (Wildman–Crippen MR) is 83.5 cm³/mol. The van der Waals surface area contributed by atoms with Crippen LogP contribution in [-0.2, 0) is 17.9 Å². The maximum Gasteiger partial charge on any atom is 0.267 e. The van der Waals surface area contributed by atoms with Gasteiger partial charge in [-0.2, -0.15) is 5.10 Å². The highest BCUT2D eigenvalue weighted by molar-refractivity contribution is 5.75. The summed E-state index contributed by atoms with van der Waals surface area (Å²) in [6.45, 7) is 2.24. The van der Waals surface area contributed by atoms with Gasteiger partial charge in [-0.05, 0) is 19.1 Å². The molecule has 2 heterocycles. The zero-order valence-electron chi connectivity index (χ0n) is 13.0. The van der Waals surface area contributed by atoms with Crippen LogP contribution in [0, 0.1) is 6.92 Å². The number of aryl methyl sites for hydroxylation is 1. The maximum atomic E-state index is 11.9. The van der Waals surface area contributed by atoms with Crippen molar-refractivity contribution in [3.8, 4) is 5.75 Å². The van der Waals surface area contributed by atoms with Crippen molar-refractivity contribution in [2.75, 3.05) is 13.7 Å². The summed E-state index contributed by atoms with van der Waals surface area (Å²) in [5, 5.41) is 6.47. The van der Waals surface area contributed by atoms with E-state index in [2.05, 4.69) is 10.4 Å². The van der Waals surface area contributed by atoms with E-state index in [9.17, 15) is 14.4 Å². The van der Waals surface area contributed by atoms with Gasteiger partial charge in [0.05, 0.1) is 7.11 Å². The van der Waals surface area contributed by atoms with Crippen LogP contribution in [0.1, 0.15) is 5.69 Å². The van der Waals surface area contributed by atoms with E-state index >= 15 is 0 Å². The summed E-state index contributed by atoms with van der Waals surface area (Å²) in [7, 11) is 1.50. The zero-order chi connectivity index (χ0) is 16.8. The Balaban J connectivity index is 1.93. The Hall–Kier alpha value is -2.90. The number of methoxy groups -OCH3 is 1. The molecular weight excluding hydrogens is 300 g/mol. The Morgan fingerprint density at radius 2 is 2.09 bits per heavy atom. The Morgan fingerprint density at radius 3 is 2.74 bits per heavy atom. The highest BCUT2D eigenvalue weighted by Gasteiger charge is 2.07. The number of amides is 1. The van der Waals surface area contributed by atoms with Crippen molar-refractivity contribution < 1.29 is 9.53 Å². The molecule has 8 heteroatoms. The van der Waals surface area contributed by atoms with Gasteiger partial charge in [-0.1, -0.05) is 0 Å². The van der Waals surface area contributed by atoms with E-state index in [1.807, 2.05) is 0 Å². The molecule has 0 aliphatic heterocycles. The summed E-state index contributed by atoms with van der Waals surface area (Å²) in [6.07, 6.45) is 1.44. The quantitative estimate of drug-likeness (QED) is 0.777. The molecule has 0 spiro atoms. The van der Waals surface area contributed by atoms with Crippen molar-refractivity contribution in [3.63, 3.8) is 0 Å². The number of pyridine rings is 1. The highest BCUT2D eigenvalue weighted by Crippen LogP contribution is 2.08. The first-order valence-electron chi connectivity index (χ1n) is 7.05. The molecule has 0 aliphatic carbocycles. The normalized spacial score (nSPS) is 10.3. The number of nitrogens with one attached hydrogen (secondary N) is 1. The molecule has 122 valence electrons. The van der Waals surface area contributed by atoms with Crippen LogP contribution < -0.4 is 21.2 Å². The van der Waals surface area contributed by atoms with Gasteiger partial charge in [-0.25, -0.2) is 4.68 Å². The van der Waals surface area contributed by atoms with Crippen LogP contribution >= 0.6 is 0 Å². The Labute approximate surface area is 132 Å². The molecule has 0 saturated carbocycles. The smallest absolute Gasteiger partial charge is 0.267 e. The molecule has 23 heavy (non-hydrogen) atoms. The van der Waals surface area contributed by atoms with Crippen molar-refractivity contribution in [1.29, 1.82) is 0 Å². The summed E-state index contributed by atoms with van der Waals surface area (Å²) in [5.41, 5.74) is 0.200. The number of rotatable bonds is 6. The summed E-state index contributed by atoms with van der Waals surface area (Å²) in [5.74, 6) is 0.160.